The number of aliphatic carboxylic acids is 1. The summed E-state index contributed by atoms with van der Waals surface area (Å²) in [5, 5.41) is 14.8. The van der Waals surface area contributed by atoms with Gasteiger partial charge in [0.15, 0.2) is 0 Å². The zero-order valence-electron chi connectivity index (χ0n) is 14.6. The van der Waals surface area contributed by atoms with E-state index in [1.54, 1.807) is 19.2 Å². The van der Waals surface area contributed by atoms with Crippen LogP contribution in [-0.4, -0.2) is 43.2 Å². The quantitative estimate of drug-likeness (QED) is 0.628. The fourth-order valence-corrected chi connectivity index (χ4v) is 3.30. The minimum Gasteiger partial charge on any atom is -0.481 e. The molecular weight excluding hydrogens is 360 g/mol. The highest BCUT2D eigenvalue weighted by Crippen LogP contribution is 2.30. The fourth-order valence-electron chi connectivity index (χ4n) is 3.04. The fraction of sp³-hybridized carbons (Fsp3) is 0.500. The third-order valence-electron chi connectivity index (χ3n) is 4.47. The monoisotopic (exact) mass is 382 g/mol. The zero-order chi connectivity index (χ0) is 19.1. The molecule has 0 aromatic heterocycles. The summed E-state index contributed by atoms with van der Waals surface area (Å²) in [6.07, 6.45) is 2.34. The third-order valence-corrected chi connectivity index (χ3v) is 4.78. The van der Waals surface area contributed by atoms with E-state index in [2.05, 4.69) is 10.6 Å². The van der Waals surface area contributed by atoms with Crippen LogP contribution in [0.5, 0.6) is 0 Å². The van der Waals surface area contributed by atoms with Gasteiger partial charge in [-0.15, -0.1) is 0 Å². The summed E-state index contributed by atoms with van der Waals surface area (Å²) in [6.45, 7) is 0.771. The van der Waals surface area contributed by atoms with Crippen molar-refractivity contribution in [1.82, 2.24) is 5.32 Å². The maximum absolute atomic E-state index is 12.4. The van der Waals surface area contributed by atoms with Gasteiger partial charge in [-0.3, -0.25) is 14.4 Å². The summed E-state index contributed by atoms with van der Waals surface area (Å²) < 4.78 is 4.87. The molecule has 0 spiro atoms. The number of hydrogen-bond acceptors (Lipinski definition) is 4. The van der Waals surface area contributed by atoms with Gasteiger partial charge in [-0.05, 0) is 37.5 Å². The molecule has 0 heterocycles. The number of carboxylic acid groups (broad SMARTS) is 1. The van der Waals surface area contributed by atoms with Crippen LogP contribution in [0.4, 0.5) is 5.69 Å². The Morgan fingerprint density at radius 3 is 2.65 bits per heavy atom. The van der Waals surface area contributed by atoms with Crippen LogP contribution in [0.1, 0.15) is 36.0 Å². The van der Waals surface area contributed by atoms with E-state index < -0.39 is 11.9 Å². The lowest BCUT2D eigenvalue weighted by Crippen LogP contribution is -2.31. The van der Waals surface area contributed by atoms with Crippen molar-refractivity contribution in [2.45, 2.75) is 25.7 Å². The molecule has 2 atom stereocenters. The number of rotatable bonds is 7. The number of methoxy groups -OCH3 is 1. The van der Waals surface area contributed by atoms with E-state index in [0.717, 1.165) is 6.42 Å². The predicted molar refractivity (Wildman–Crippen MR) is 97.4 cm³/mol. The second-order valence-electron chi connectivity index (χ2n) is 6.33. The molecule has 1 aliphatic carbocycles. The van der Waals surface area contributed by atoms with E-state index in [-0.39, 0.29) is 22.8 Å². The van der Waals surface area contributed by atoms with E-state index in [4.69, 9.17) is 21.4 Å². The van der Waals surface area contributed by atoms with Gasteiger partial charge in [0.05, 0.1) is 23.1 Å². The van der Waals surface area contributed by atoms with Gasteiger partial charge < -0.3 is 20.5 Å². The van der Waals surface area contributed by atoms with Crippen molar-refractivity contribution in [3.05, 3.63) is 28.8 Å². The molecule has 1 aliphatic rings. The topological polar surface area (TPSA) is 105 Å². The van der Waals surface area contributed by atoms with Crippen molar-refractivity contribution in [2.24, 2.45) is 11.8 Å². The van der Waals surface area contributed by atoms with Crippen molar-refractivity contribution in [1.29, 1.82) is 0 Å². The summed E-state index contributed by atoms with van der Waals surface area (Å²) in [4.78, 5) is 35.6. The maximum Gasteiger partial charge on any atom is 0.306 e. The molecule has 3 N–H and O–H groups in total. The van der Waals surface area contributed by atoms with Gasteiger partial charge in [-0.2, -0.15) is 0 Å². The van der Waals surface area contributed by atoms with Crippen LogP contribution < -0.4 is 10.6 Å². The summed E-state index contributed by atoms with van der Waals surface area (Å²) >= 11 is 6.15. The largest absolute Gasteiger partial charge is 0.481 e. The number of nitrogens with one attached hydrogen (secondary N) is 2. The molecule has 2 amide bonds. The molecule has 1 aromatic carbocycles. The van der Waals surface area contributed by atoms with Crippen LogP contribution in [0, 0.1) is 11.8 Å². The molecule has 1 saturated carbocycles. The third kappa shape index (κ3) is 5.44. The second kappa shape index (κ2) is 9.54. The Labute approximate surface area is 157 Å². The van der Waals surface area contributed by atoms with Gasteiger partial charge in [0.2, 0.25) is 5.91 Å². The molecule has 0 saturated heterocycles. The molecule has 7 nitrogen and oxygen atoms in total. The second-order valence-corrected chi connectivity index (χ2v) is 6.74. The van der Waals surface area contributed by atoms with E-state index in [9.17, 15) is 14.4 Å². The van der Waals surface area contributed by atoms with Crippen molar-refractivity contribution in [2.75, 3.05) is 25.6 Å². The number of amides is 2. The van der Waals surface area contributed by atoms with Crippen molar-refractivity contribution in [3.63, 3.8) is 0 Å². The van der Waals surface area contributed by atoms with Crippen LogP contribution in [0.3, 0.4) is 0 Å². The van der Waals surface area contributed by atoms with Gasteiger partial charge in [0, 0.05) is 25.3 Å². The lowest BCUT2D eigenvalue weighted by Gasteiger charge is -2.25. The first-order valence-electron chi connectivity index (χ1n) is 8.52. The Balaban J connectivity index is 1.97. The maximum atomic E-state index is 12.4. The number of halogens is 1. The first kappa shape index (κ1) is 20.2. The number of hydrogen-bond donors (Lipinski definition) is 3. The number of anilines is 1. The Morgan fingerprint density at radius 1 is 1.27 bits per heavy atom. The van der Waals surface area contributed by atoms with E-state index in [0.29, 0.717) is 43.7 Å². The molecule has 8 heteroatoms. The van der Waals surface area contributed by atoms with Crippen LogP contribution in [0.25, 0.3) is 0 Å². The van der Waals surface area contributed by atoms with Crippen molar-refractivity contribution >= 4 is 35.1 Å². The molecule has 142 valence electrons. The predicted octanol–water partition coefficient (Wildman–Crippen LogP) is 2.55. The van der Waals surface area contributed by atoms with Gasteiger partial charge in [0.25, 0.3) is 5.91 Å². The minimum atomic E-state index is -0.852. The van der Waals surface area contributed by atoms with Gasteiger partial charge in [0.1, 0.15) is 0 Å². The summed E-state index contributed by atoms with van der Waals surface area (Å²) in [5.74, 6) is -2.19. The molecule has 0 radical (unpaired) electrons. The molecule has 2 unspecified atom stereocenters. The first-order chi connectivity index (χ1) is 12.4. The number of ether oxygens (including phenoxy) is 1. The van der Waals surface area contributed by atoms with Gasteiger partial charge >= 0.3 is 5.97 Å². The summed E-state index contributed by atoms with van der Waals surface area (Å²) in [5.41, 5.74) is 0.787. The van der Waals surface area contributed by atoms with E-state index in [1.807, 2.05) is 0 Å². The minimum absolute atomic E-state index is 0.218. The summed E-state index contributed by atoms with van der Waals surface area (Å²) in [7, 11) is 1.54. The first-order valence-corrected chi connectivity index (χ1v) is 8.90. The zero-order valence-corrected chi connectivity index (χ0v) is 15.3. The Bertz CT molecular complexity index is 680. The average molecular weight is 383 g/mol. The van der Waals surface area contributed by atoms with E-state index >= 15 is 0 Å². The molecule has 1 aromatic rings. The van der Waals surface area contributed by atoms with Gasteiger partial charge in [-0.25, -0.2) is 0 Å². The standard InChI is InChI=1S/C18H23ClN2O5/c1-26-8-7-20-17(23)14-6-5-13(10-15(14)19)21-16(22)11-3-2-4-12(9-11)18(24)25/h5-6,10-12H,2-4,7-9H2,1H3,(H,20,23)(H,21,22)(H,24,25). The highest BCUT2D eigenvalue weighted by Gasteiger charge is 2.31. The van der Waals surface area contributed by atoms with Crippen LogP contribution in [-0.2, 0) is 14.3 Å². The Morgan fingerprint density at radius 2 is 2.00 bits per heavy atom. The number of carboxylic acids is 1. The molecular formula is C18H23ClN2O5. The normalized spacial score (nSPS) is 19.6. The van der Waals surface area contributed by atoms with Crippen LogP contribution >= 0.6 is 11.6 Å². The van der Waals surface area contributed by atoms with Gasteiger partial charge in [-0.1, -0.05) is 18.0 Å². The van der Waals surface area contributed by atoms with Crippen molar-refractivity contribution in [3.8, 4) is 0 Å². The SMILES string of the molecule is COCCNC(=O)c1ccc(NC(=O)C2CCCC(C(=O)O)C2)cc1Cl. The Kier molecular flexibility index (Phi) is 7.41. The molecule has 26 heavy (non-hydrogen) atoms. The highest BCUT2D eigenvalue weighted by molar-refractivity contribution is 6.34. The molecule has 0 bridgehead atoms. The lowest BCUT2D eigenvalue weighted by atomic mass is 9.81. The summed E-state index contributed by atoms with van der Waals surface area (Å²) in [6, 6.07) is 4.66. The smallest absolute Gasteiger partial charge is 0.306 e. The van der Waals surface area contributed by atoms with Crippen molar-refractivity contribution < 1.29 is 24.2 Å². The molecule has 2 rings (SSSR count). The highest BCUT2D eigenvalue weighted by atomic mass is 35.5. The lowest BCUT2D eigenvalue weighted by molar-refractivity contribution is -0.143. The molecule has 1 fully saturated rings. The number of carbonyl (C=O) groups is 3. The average Bonchev–Trinajstić information content (AvgIpc) is 2.62. The molecule has 0 aliphatic heterocycles. The Hall–Kier alpha value is -2.12. The van der Waals surface area contributed by atoms with Crippen LogP contribution in [0.15, 0.2) is 18.2 Å². The number of carbonyl (C=O) groups excluding carboxylic acids is 2. The van der Waals surface area contributed by atoms with E-state index in [1.165, 1.54) is 6.07 Å². The number of benzene rings is 1. The van der Waals surface area contributed by atoms with Crippen LogP contribution in [0.2, 0.25) is 5.02 Å².